The normalized spacial score (nSPS) is 11.8. The minimum Gasteiger partial charge on any atom is -0.455 e. The number of carbonyl (C=O) groups is 1. The summed E-state index contributed by atoms with van der Waals surface area (Å²) in [4.78, 5) is 21.2. The van der Waals surface area contributed by atoms with Crippen molar-refractivity contribution in [1.82, 2.24) is 15.2 Å². The molecule has 0 radical (unpaired) electrons. The molecular weight excluding hydrogens is 342 g/mol. The van der Waals surface area contributed by atoms with Crippen molar-refractivity contribution in [2.45, 2.75) is 6.54 Å². The first-order valence-electron chi connectivity index (χ1n) is 8.53. The Balaban J connectivity index is 1.83. The minimum absolute atomic E-state index is 0.0629. The van der Waals surface area contributed by atoms with E-state index in [-0.39, 0.29) is 11.9 Å². The molecule has 0 aliphatic heterocycles. The predicted molar refractivity (Wildman–Crippen MR) is 107 cm³/mol. The van der Waals surface area contributed by atoms with Gasteiger partial charge < -0.3 is 20.4 Å². The van der Waals surface area contributed by atoms with Crippen molar-refractivity contribution in [3.8, 4) is 11.5 Å². The van der Waals surface area contributed by atoms with E-state index in [0.29, 0.717) is 11.4 Å². The summed E-state index contributed by atoms with van der Waals surface area (Å²) < 4.78 is 6.02. The first-order valence-corrected chi connectivity index (χ1v) is 8.53. The van der Waals surface area contributed by atoms with E-state index < -0.39 is 0 Å². The average molecular weight is 365 g/mol. The largest absolute Gasteiger partial charge is 0.455 e. The standard InChI is InChI=1S/C20H23N5O2/c1-22-20(21)24-19(26)16-11-14-5-4-6-17(18(14)23-16)27-15-9-7-13(8-10-15)12-25(2)3/h4-11,23H,12H2,1-3H3,(H3,21,22,24,26). The highest BCUT2D eigenvalue weighted by molar-refractivity contribution is 6.07. The second kappa shape index (κ2) is 7.92. The number of para-hydroxylation sites is 1. The van der Waals surface area contributed by atoms with Crippen molar-refractivity contribution >= 4 is 22.8 Å². The Labute approximate surface area is 157 Å². The molecule has 0 bridgehead atoms. The van der Waals surface area contributed by atoms with Gasteiger partial charge in [0.2, 0.25) is 0 Å². The lowest BCUT2D eigenvalue weighted by Gasteiger charge is -2.11. The van der Waals surface area contributed by atoms with Gasteiger partial charge in [-0.05, 0) is 43.9 Å². The first-order chi connectivity index (χ1) is 13.0. The van der Waals surface area contributed by atoms with Crippen LogP contribution >= 0.6 is 0 Å². The molecule has 0 unspecified atom stereocenters. The molecule has 1 aromatic heterocycles. The molecule has 3 rings (SSSR count). The van der Waals surface area contributed by atoms with Crippen LogP contribution in [0.2, 0.25) is 0 Å². The summed E-state index contributed by atoms with van der Waals surface area (Å²) in [7, 11) is 5.57. The van der Waals surface area contributed by atoms with Crippen molar-refractivity contribution in [2.75, 3.05) is 21.1 Å². The number of aromatic nitrogens is 1. The quantitative estimate of drug-likeness (QED) is 0.478. The molecule has 2 aromatic carbocycles. The Hall–Kier alpha value is -3.32. The second-order valence-electron chi connectivity index (χ2n) is 6.45. The Morgan fingerprint density at radius 2 is 1.96 bits per heavy atom. The van der Waals surface area contributed by atoms with Crippen molar-refractivity contribution < 1.29 is 9.53 Å². The molecule has 0 fully saturated rings. The summed E-state index contributed by atoms with van der Waals surface area (Å²) in [6.07, 6.45) is 0. The second-order valence-corrected chi connectivity index (χ2v) is 6.45. The summed E-state index contributed by atoms with van der Waals surface area (Å²) in [5.41, 5.74) is 7.89. The van der Waals surface area contributed by atoms with Gasteiger partial charge in [-0.15, -0.1) is 0 Å². The fourth-order valence-electron chi connectivity index (χ4n) is 2.73. The van der Waals surface area contributed by atoms with Crippen LogP contribution in [-0.2, 0) is 6.54 Å². The van der Waals surface area contributed by atoms with Gasteiger partial charge in [0, 0.05) is 19.0 Å². The molecule has 0 aliphatic rings. The summed E-state index contributed by atoms with van der Waals surface area (Å²) in [6.45, 7) is 0.870. The number of carbonyl (C=O) groups excluding carboxylic acids is 1. The summed E-state index contributed by atoms with van der Waals surface area (Å²) in [5.74, 6) is 1.08. The number of amides is 1. The van der Waals surface area contributed by atoms with E-state index in [1.807, 2.05) is 56.6 Å². The highest BCUT2D eigenvalue weighted by Gasteiger charge is 2.13. The molecule has 7 nitrogen and oxygen atoms in total. The maximum Gasteiger partial charge on any atom is 0.274 e. The lowest BCUT2D eigenvalue weighted by atomic mass is 10.2. The van der Waals surface area contributed by atoms with Gasteiger partial charge in [-0.2, -0.15) is 0 Å². The Morgan fingerprint density at radius 1 is 1.22 bits per heavy atom. The Morgan fingerprint density at radius 3 is 2.63 bits per heavy atom. The highest BCUT2D eigenvalue weighted by Crippen LogP contribution is 2.30. The number of aromatic amines is 1. The number of benzene rings is 2. The van der Waals surface area contributed by atoms with Crippen molar-refractivity contribution in [3.63, 3.8) is 0 Å². The van der Waals surface area contributed by atoms with Crippen LogP contribution in [0.3, 0.4) is 0 Å². The molecule has 7 heteroatoms. The Bertz CT molecular complexity index is 974. The lowest BCUT2D eigenvalue weighted by molar-refractivity contribution is 0.0972. The molecule has 0 atom stereocenters. The number of nitrogens with one attached hydrogen (secondary N) is 2. The van der Waals surface area contributed by atoms with Crippen LogP contribution in [0.25, 0.3) is 10.9 Å². The van der Waals surface area contributed by atoms with Crippen LogP contribution < -0.4 is 15.8 Å². The maximum absolute atomic E-state index is 12.2. The number of nitrogens with two attached hydrogens (primary N) is 1. The SMILES string of the molecule is CN=C(N)NC(=O)c1cc2cccc(Oc3ccc(CN(C)C)cc3)c2[nH]1. The van der Waals surface area contributed by atoms with Crippen molar-refractivity contribution in [3.05, 3.63) is 59.8 Å². The molecule has 3 aromatic rings. The van der Waals surface area contributed by atoms with Crippen LogP contribution in [-0.4, -0.2) is 42.9 Å². The van der Waals surface area contributed by atoms with Crippen LogP contribution in [0.5, 0.6) is 11.5 Å². The average Bonchev–Trinajstić information content (AvgIpc) is 3.08. The van der Waals surface area contributed by atoms with Gasteiger partial charge in [0.05, 0.1) is 5.52 Å². The Kier molecular flexibility index (Phi) is 5.42. The van der Waals surface area contributed by atoms with E-state index in [1.165, 1.54) is 12.6 Å². The van der Waals surface area contributed by atoms with E-state index >= 15 is 0 Å². The van der Waals surface area contributed by atoms with Crippen LogP contribution in [0.1, 0.15) is 16.1 Å². The molecule has 0 saturated carbocycles. The van der Waals surface area contributed by atoms with Gasteiger partial charge in [0.1, 0.15) is 11.4 Å². The van der Waals surface area contributed by atoms with E-state index in [0.717, 1.165) is 23.2 Å². The van der Waals surface area contributed by atoms with E-state index in [1.54, 1.807) is 6.07 Å². The monoisotopic (exact) mass is 365 g/mol. The number of fused-ring (bicyclic) bond motifs is 1. The van der Waals surface area contributed by atoms with Crippen molar-refractivity contribution in [1.29, 1.82) is 0 Å². The summed E-state index contributed by atoms with van der Waals surface area (Å²) >= 11 is 0. The third-order valence-corrected chi connectivity index (χ3v) is 4.00. The van der Waals surface area contributed by atoms with Crippen molar-refractivity contribution in [2.24, 2.45) is 10.7 Å². The fourth-order valence-corrected chi connectivity index (χ4v) is 2.73. The van der Waals surface area contributed by atoms with Gasteiger partial charge in [0.15, 0.2) is 11.7 Å². The van der Waals surface area contributed by atoms with E-state index in [9.17, 15) is 4.79 Å². The number of guanidine groups is 1. The molecule has 140 valence electrons. The van der Waals surface area contributed by atoms with Gasteiger partial charge in [-0.1, -0.05) is 24.3 Å². The zero-order valence-electron chi connectivity index (χ0n) is 15.6. The maximum atomic E-state index is 12.2. The number of H-pyrrole nitrogens is 1. The van der Waals surface area contributed by atoms with E-state index in [2.05, 4.69) is 20.2 Å². The fraction of sp³-hybridized carbons (Fsp3) is 0.200. The molecule has 1 heterocycles. The zero-order valence-corrected chi connectivity index (χ0v) is 15.6. The smallest absolute Gasteiger partial charge is 0.274 e. The third kappa shape index (κ3) is 4.45. The molecule has 1 amide bonds. The first kappa shape index (κ1) is 18.5. The van der Waals surface area contributed by atoms with Gasteiger partial charge in [-0.25, -0.2) is 0 Å². The van der Waals surface area contributed by atoms with Crippen LogP contribution in [0.4, 0.5) is 0 Å². The lowest BCUT2D eigenvalue weighted by Crippen LogP contribution is -2.36. The number of hydrogen-bond donors (Lipinski definition) is 3. The molecular formula is C20H23N5O2. The predicted octanol–water partition coefficient (Wildman–Crippen LogP) is 2.70. The molecule has 0 aliphatic carbocycles. The molecule has 27 heavy (non-hydrogen) atoms. The zero-order chi connectivity index (χ0) is 19.4. The molecule has 4 N–H and O–H groups in total. The third-order valence-electron chi connectivity index (χ3n) is 4.00. The number of hydrogen-bond acceptors (Lipinski definition) is 4. The summed E-state index contributed by atoms with van der Waals surface area (Å²) in [6, 6.07) is 15.4. The topological polar surface area (TPSA) is 95.7 Å². The minimum atomic E-state index is -0.353. The van der Waals surface area contributed by atoms with Crippen LogP contribution in [0.15, 0.2) is 53.5 Å². The van der Waals surface area contributed by atoms with Gasteiger partial charge in [-0.3, -0.25) is 15.1 Å². The van der Waals surface area contributed by atoms with Gasteiger partial charge in [0.25, 0.3) is 5.91 Å². The number of aliphatic imine (C=N–C) groups is 1. The number of rotatable bonds is 5. The number of ether oxygens (including phenoxy) is 1. The molecule has 0 saturated heterocycles. The van der Waals surface area contributed by atoms with E-state index in [4.69, 9.17) is 10.5 Å². The van der Waals surface area contributed by atoms with Gasteiger partial charge >= 0.3 is 0 Å². The summed E-state index contributed by atoms with van der Waals surface area (Å²) in [5, 5.41) is 3.38. The number of nitrogens with zero attached hydrogens (tertiary/aromatic N) is 2. The molecule has 0 spiro atoms. The van der Waals surface area contributed by atoms with Crippen LogP contribution in [0, 0.1) is 0 Å². The highest BCUT2D eigenvalue weighted by atomic mass is 16.5.